The molecule has 4 heteroatoms. The topological polar surface area (TPSA) is 51.6 Å². The third-order valence-electron chi connectivity index (χ3n) is 13.4. The van der Waals surface area contributed by atoms with Crippen LogP contribution in [0.1, 0.15) is 22.3 Å². The van der Waals surface area contributed by atoms with Crippen LogP contribution in [0.4, 0.5) is 0 Å². The largest absolute Gasteiger partial charge is 0.256 e. The first-order chi connectivity index (χ1) is 32.2. The van der Waals surface area contributed by atoms with E-state index in [4.69, 9.17) is 15.0 Å². The Balaban J connectivity index is 0.871. The lowest BCUT2D eigenvalue weighted by atomic mass is 9.70. The van der Waals surface area contributed by atoms with E-state index in [0.29, 0.717) is 17.5 Å². The molecule has 0 fully saturated rings. The molecule has 0 unspecified atom stereocenters. The van der Waals surface area contributed by atoms with Gasteiger partial charge in [0.2, 0.25) is 0 Å². The molecule has 11 aromatic rings. The van der Waals surface area contributed by atoms with Crippen LogP contribution in [0, 0.1) is 0 Å². The van der Waals surface area contributed by atoms with Crippen molar-refractivity contribution in [3.05, 3.63) is 253 Å². The molecular weight excluding hydrogens is 789 g/mol. The van der Waals surface area contributed by atoms with E-state index in [1.807, 2.05) is 42.6 Å². The lowest BCUT2D eigenvalue weighted by Crippen LogP contribution is -2.25. The van der Waals surface area contributed by atoms with E-state index in [0.717, 1.165) is 49.8 Å². The van der Waals surface area contributed by atoms with Crippen molar-refractivity contribution >= 4 is 10.9 Å². The van der Waals surface area contributed by atoms with Crippen LogP contribution in [0.2, 0.25) is 0 Å². The molecule has 0 N–H and O–H groups in total. The molecule has 0 radical (unpaired) electrons. The number of hydrogen-bond donors (Lipinski definition) is 0. The number of hydrogen-bond acceptors (Lipinski definition) is 4. The predicted molar refractivity (Wildman–Crippen MR) is 264 cm³/mol. The monoisotopic (exact) mass is 826 g/mol. The van der Waals surface area contributed by atoms with Gasteiger partial charge in [0.25, 0.3) is 0 Å². The molecule has 2 heterocycles. The molecule has 2 aliphatic carbocycles. The molecule has 9 aromatic carbocycles. The summed E-state index contributed by atoms with van der Waals surface area (Å²) in [7, 11) is 0. The normalized spacial score (nSPS) is 12.7. The van der Waals surface area contributed by atoms with Gasteiger partial charge in [0.05, 0.1) is 10.9 Å². The maximum Gasteiger partial charge on any atom is 0.164 e. The second-order valence-electron chi connectivity index (χ2n) is 16.9. The SMILES string of the molecule is c1ccc(-c2nc(-c3ccc(-c4cccc5cccnc45)cc3)nc(-c3cccc(-c4ccc(-c5cccc6c5-c5ccccc5C65c6ccccc6-c6ccccc65)cc4)c3)n2)cc1. The minimum absolute atomic E-state index is 0.372. The molecule has 0 bridgehead atoms. The van der Waals surface area contributed by atoms with Gasteiger partial charge >= 0.3 is 0 Å². The predicted octanol–water partition coefficient (Wildman–Crippen LogP) is 14.8. The third-order valence-corrected chi connectivity index (χ3v) is 13.4. The molecule has 4 nitrogen and oxygen atoms in total. The quantitative estimate of drug-likeness (QED) is 0.168. The van der Waals surface area contributed by atoms with Crippen LogP contribution < -0.4 is 0 Å². The van der Waals surface area contributed by atoms with Gasteiger partial charge < -0.3 is 0 Å². The van der Waals surface area contributed by atoms with Crippen molar-refractivity contribution in [2.75, 3.05) is 0 Å². The molecule has 0 saturated carbocycles. The summed E-state index contributed by atoms with van der Waals surface area (Å²) < 4.78 is 0. The van der Waals surface area contributed by atoms with Gasteiger partial charge in [-0.2, -0.15) is 0 Å². The second-order valence-corrected chi connectivity index (χ2v) is 16.9. The van der Waals surface area contributed by atoms with Crippen LogP contribution in [-0.4, -0.2) is 19.9 Å². The van der Waals surface area contributed by atoms with Crippen molar-refractivity contribution in [1.29, 1.82) is 0 Å². The Kier molecular flexibility index (Phi) is 8.40. The summed E-state index contributed by atoms with van der Waals surface area (Å²) in [5.74, 6) is 1.87. The number of para-hydroxylation sites is 1. The summed E-state index contributed by atoms with van der Waals surface area (Å²) >= 11 is 0. The standard InChI is InChI=1S/C61H38N4/c1-2-14-43(15-3-1)58-63-59(44-35-33-41(34-36-44)48-24-11-16-42-19-13-37-62-57(42)48)65-60(64-58)46-18-10-17-45(38-46)39-29-31-40(32-30-39)47-23-12-28-55-56(47)51-22-6-9-27-54(51)61(55)52-25-7-4-20-49(52)50-21-5-8-26-53(50)61/h1-38H. The van der Waals surface area contributed by atoms with Gasteiger partial charge in [-0.25, -0.2) is 15.0 Å². The molecule has 65 heavy (non-hydrogen) atoms. The highest BCUT2D eigenvalue weighted by atomic mass is 15.0. The molecule has 0 atom stereocenters. The van der Waals surface area contributed by atoms with E-state index >= 15 is 0 Å². The van der Waals surface area contributed by atoms with E-state index < -0.39 is 0 Å². The molecule has 0 saturated heterocycles. The molecule has 0 aliphatic heterocycles. The number of aromatic nitrogens is 4. The maximum absolute atomic E-state index is 5.12. The number of benzene rings is 9. The zero-order chi connectivity index (χ0) is 42.9. The van der Waals surface area contributed by atoms with Crippen LogP contribution in [0.25, 0.3) is 101 Å². The Morgan fingerprint density at radius 3 is 1.43 bits per heavy atom. The highest BCUT2D eigenvalue weighted by Crippen LogP contribution is 2.63. The Bertz CT molecular complexity index is 3600. The van der Waals surface area contributed by atoms with E-state index in [9.17, 15) is 0 Å². The highest BCUT2D eigenvalue weighted by molar-refractivity contribution is 6.00. The zero-order valence-electron chi connectivity index (χ0n) is 35.2. The number of rotatable bonds is 6. The number of pyridine rings is 1. The molecule has 2 aromatic heterocycles. The smallest absolute Gasteiger partial charge is 0.164 e. The van der Waals surface area contributed by atoms with Crippen molar-refractivity contribution in [2.45, 2.75) is 5.41 Å². The summed E-state index contributed by atoms with van der Waals surface area (Å²) in [6.07, 6.45) is 1.85. The van der Waals surface area contributed by atoms with Crippen molar-refractivity contribution in [3.63, 3.8) is 0 Å². The molecule has 2 aliphatic rings. The second kappa shape index (κ2) is 14.8. The van der Waals surface area contributed by atoms with E-state index in [1.165, 1.54) is 55.6 Å². The molecule has 302 valence electrons. The fourth-order valence-electron chi connectivity index (χ4n) is 10.6. The Morgan fingerprint density at radius 1 is 0.277 bits per heavy atom. The maximum atomic E-state index is 5.12. The van der Waals surface area contributed by atoms with Gasteiger partial charge in [-0.1, -0.05) is 212 Å². The molecule has 13 rings (SSSR count). The third kappa shape index (κ3) is 5.77. The first-order valence-corrected chi connectivity index (χ1v) is 22.1. The summed E-state index contributed by atoms with van der Waals surface area (Å²) in [4.78, 5) is 19.9. The average molecular weight is 827 g/mol. The molecular formula is C61H38N4. The van der Waals surface area contributed by atoms with Gasteiger partial charge in [-0.05, 0) is 84.5 Å². The van der Waals surface area contributed by atoms with Gasteiger partial charge in [0.1, 0.15) is 0 Å². The van der Waals surface area contributed by atoms with Crippen molar-refractivity contribution in [1.82, 2.24) is 19.9 Å². The van der Waals surface area contributed by atoms with E-state index in [2.05, 4.69) is 193 Å². The first kappa shape index (κ1) is 37.0. The van der Waals surface area contributed by atoms with Gasteiger partial charge in [-0.3, -0.25) is 4.98 Å². The minimum Gasteiger partial charge on any atom is -0.256 e. The van der Waals surface area contributed by atoms with Gasteiger partial charge in [-0.15, -0.1) is 0 Å². The van der Waals surface area contributed by atoms with Crippen LogP contribution >= 0.6 is 0 Å². The molecule has 0 amide bonds. The van der Waals surface area contributed by atoms with Crippen molar-refractivity contribution < 1.29 is 0 Å². The lowest BCUT2D eigenvalue weighted by Gasteiger charge is -2.30. The fraction of sp³-hybridized carbons (Fsp3) is 0.0164. The first-order valence-electron chi connectivity index (χ1n) is 22.1. The Hall–Kier alpha value is -8.60. The van der Waals surface area contributed by atoms with Gasteiger partial charge in [0.15, 0.2) is 17.5 Å². The van der Waals surface area contributed by atoms with E-state index in [-0.39, 0.29) is 5.41 Å². The fourth-order valence-corrected chi connectivity index (χ4v) is 10.6. The lowest BCUT2D eigenvalue weighted by molar-refractivity contribution is 0.794. The summed E-state index contributed by atoms with van der Waals surface area (Å²) in [5.41, 5.74) is 20.8. The van der Waals surface area contributed by atoms with Crippen LogP contribution in [0.5, 0.6) is 0 Å². The highest BCUT2D eigenvalue weighted by Gasteiger charge is 2.51. The van der Waals surface area contributed by atoms with Crippen LogP contribution in [0.15, 0.2) is 231 Å². The Labute approximate surface area is 377 Å². The van der Waals surface area contributed by atoms with E-state index in [1.54, 1.807) is 0 Å². The minimum atomic E-state index is -0.372. The van der Waals surface area contributed by atoms with Crippen molar-refractivity contribution in [2.24, 2.45) is 0 Å². The van der Waals surface area contributed by atoms with Gasteiger partial charge in [0, 0.05) is 33.8 Å². The number of fused-ring (bicyclic) bond motifs is 11. The van der Waals surface area contributed by atoms with Crippen LogP contribution in [-0.2, 0) is 5.41 Å². The summed E-state index contributed by atoms with van der Waals surface area (Å²) in [6, 6.07) is 80.4. The van der Waals surface area contributed by atoms with Crippen LogP contribution in [0.3, 0.4) is 0 Å². The average Bonchev–Trinajstić information content (AvgIpc) is 3.86. The van der Waals surface area contributed by atoms with Crippen molar-refractivity contribution in [3.8, 4) is 89.8 Å². The summed E-state index contributed by atoms with van der Waals surface area (Å²) in [6.45, 7) is 0. The Morgan fingerprint density at radius 2 is 0.723 bits per heavy atom. The molecule has 1 spiro atoms. The zero-order valence-corrected chi connectivity index (χ0v) is 35.2. The summed E-state index contributed by atoms with van der Waals surface area (Å²) in [5, 5.41) is 1.11. The number of nitrogens with zero attached hydrogens (tertiary/aromatic N) is 4.